The van der Waals surface area contributed by atoms with Crippen molar-refractivity contribution < 1.29 is 14.7 Å². The van der Waals surface area contributed by atoms with E-state index in [1.54, 1.807) is 0 Å². The lowest BCUT2D eigenvalue weighted by Crippen LogP contribution is -2.24. The number of amides is 1. The number of nitrogens with zero attached hydrogens (tertiary/aromatic N) is 1. The van der Waals surface area contributed by atoms with E-state index in [0.29, 0.717) is 0 Å². The molecule has 0 radical (unpaired) electrons. The number of hydrogen-bond acceptors (Lipinski definition) is 2. The largest absolute Gasteiger partial charge is 0.478 e. The minimum Gasteiger partial charge on any atom is -0.478 e. The predicted molar refractivity (Wildman–Crippen MR) is 65.8 cm³/mol. The Bertz CT molecular complexity index is 484. The van der Waals surface area contributed by atoms with Crippen molar-refractivity contribution in [1.82, 2.24) is 0 Å². The van der Waals surface area contributed by atoms with Crippen molar-refractivity contribution >= 4 is 41.8 Å². The van der Waals surface area contributed by atoms with Crippen LogP contribution in [0.1, 0.15) is 20.7 Å². The molecular weight excluding hydrogens is 269 g/mol. The highest BCUT2D eigenvalue weighted by molar-refractivity contribution is 6.33. The molecule has 0 unspecified atom stereocenters. The lowest BCUT2D eigenvalue weighted by Gasteiger charge is -2.01. The summed E-state index contributed by atoms with van der Waals surface area (Å²) in [4.78, 5) is 25.4. The van der Waals surface area contributed by atoms with Crippen LogP contribution in [0.3, 0.4) is 0 Å². The number of carbonyl (C=O) groups is 2. The van der Waals surface area contributed by atoms with Gasteiger partial charge in [0.2, 0.25) is 0 Å². The first kappa shape index (κ1) is 15.2. The van der Waals surface area contributed by atoms with Crippen LogP contribution in [0, 0.1) is 0 Å². The SMILES string of the molecule is Cl.NC(N)=NC(=O)c1ccc(Cl)c(C(=O)O)c1. The maximum Gasteiger partial charge on any atom is 0.337 e. The smallest absolute Gasteiger partial charge is 0.337 e. The van der Waals surface area contributed by atoms with E-state index in [0.717, 1.165) is 6.07 Å². The van der Waals surface area contributed by atoms with Crippen molar-refractivity contribution in [3.8, 4) is 0 Å². The molecule has 0 bridgehead atoms. The Balaban J connectivity index is 0.00000256. The first-order valence-corrected chi connectivity index (χ1v) is 4.46. The topological polar surface area (TPSA) is 119 Å². The Morgan fingerprint density at radius 1 is 1.29 bits per heavy atom. The van der Waals surface area contributed by atoms with E-state index in [4.69, 9.17) is 28.2 Å². The molecule has 1 aromatic rings. The highest BCUT2D eigenvalue weighted by atomic mass is 35.5. The van der Waals surface area contributed by atoms with Gasteiger partial charge in [0.15, 0.2) is 5.96 Å². The second-order valence-corrected chi connectivity index (χ2v) is 3.25. The van der Waals surface area contributed by atoms with Crippen molar-refractivity contribution in [2.45, 2.75) is 0 Å². The predicted octanol–water partition coefficient (Wildman–Crippen LogP) is 0.874. The van der Waals surface area contributed by atoms with E-state index in [2.05, 4.69) is 4.99 Å². The molecule has 0 aliphatic carbocycles. The molecule has 1 rings (SSSR count). The van der Waals surface area contributed by atoms with Gasteiger partial charge in [0.05, 0.1) is 10.6 Å². The van der Waals surface area contributed by atoms with Crippen LogP contribution in [0.5, 0.6) is 0 Å². The molecule has 0 fully saturated rings. The Labute approximate surface area is 108 Å². The standard InChI is InChI=1S/C9H8ClN3O3.ClH/c10-6-2-1-4(3-5(6)8(15)16)7(14)13-9(11)12;/h1-3H,(H,15,16)(H4,11,12,13,14);1H. The third-order valence-corrected chi connectivity index (χ3v) is 2.00. The van der Waals surface area contributed by atoms with Gasteiger partial charge in [0.25, 0.3) is 5.91 Å². The monoisotopic (exact) mass is 277 g/mol. The van der Waals surface area contributed by atoms with Crippen molar-refractivity contribution in [2.75, 3.05) is 0 Å². The number of halogens is 2. The molecule has 0 saturated heterocycles. The van der Waals surface area contributed by atoms with Gasteiger partial charge in [0, 0.05) is 5.56 Å². The van der Waals surface area contributed by atoms with Crippen LogP contribution in [0.4, 0.5) is 0 Å². The minimum atomic E-state index is -1.23. The van der Waals surface area contributed by atoms with Crippen LogP contribution in [0.25, 0.3) is 0 Å². The summed E-state index contributed by atoms with van der Waals surface area (Å²) in [5.74, 6) is -2.35. The van der Waals surface area contributed by atoms with Gasteiger partial charge in [-0.05, 0) is 18.2 Å². The van der Waals surface area contributed by atoms with E-state index in [1.807, 2.05) is 0 Å². The first-order valence-electron chi connectivity index (χ1n) is 4.08. The number of aromatic carboxylic acids is 1. The maximum atomic E-state index is 11.4. The van der Waals surface area contributed by atoms with Crippen LogP contribution in [0.2, 0.25) is 5.02 Å². The van der Waals surface area contributed by atoms with Crippen LogP contribution in [-0.4, -0.2) is 22.9 Å². The molecule has 0 aromatic heterocycles. The molecule has 17 heavy (non-hydrogen) atoms. The number of benzene rings is 1. The van der Waals surface area contributed by atoms with E-state index in [9.17, 15) is 9.59 Å². The molecule has 92 valence electrons. The lowest BCUT2D eigenvalue weighted by atomic mass is 10.1. The zero-order valence-corrected chi connectivity index (χ0v) is 9.96. The zero-order chi connectivity index (χ0) is 12.3. The van der Waals surface area contributed by atoms with Crippen LogP contribution in [0.15, 0.2) is 23.2 Å². The molecule has 0 aliphatic rings. The summed E-state index contributed by atoms with van der Waals surface area (Å²) in [6, 6.07) is 3.74. The molecule has 8 heteroatoms. The fourth-order valence-corrected chi connectivity index (χ4v) is 1.20. The molecule has 0 atom stereocenters. The number of aliphatic imine (C=N–C) groups is 1. The van der Waals surface area contributed by atoms with Crippen molar-refractivity contribution in [1.29, 1.82) is 0 Å². The first-order chi connectivity index (χ1) is 7.41. The van der Waals surface area contributed by atoms with Crippen molar-refractivity contribution in [2.24, 2.45) is 16.5 Å². The molecule has 0 aliphatic heterocycles. The summed E-state index contributed by atoms with van der Waals surface area (Å²) in [5.41, 5.74) is 9.91. The van der Waals surface area contributed by atoms with Gasteiger partial charge in [-0.15, -0.1) is 12.4 Å². The maximum absolute atomic E-state index is 11.4. The fraction of sp³-hybridized carbons (Fsp3) is 0. The number of rotatable bonds is 2. The molecule has 1 aromatic carbocycles. The molecule has 0 spiro atoms. The third-order valence-electron chi connectivity index (χ3n) is 1.67. The van der Waals surface area contributed by atoms with Gasteiger partial charge in [-0.2, -0.15) is 4.99 Å². The Morgan fingerprint density at radius 3 is 2.35 bits per heavy atom. The number of carboxylic acid groups (broad SMARTS) is 1. The highest BCUT2D eigenvalue weighted by Crippen LogP contribution is 2.18. The van der Waals surface area contributed by atoms with Gasteiger partial charge in [-0.1, -0.05) is 11.6 Å². The van der Waals surface area contributed by atoms with Crippen molar-refractivity contribution in [3.05, 3.63) is 34.3 Å². The zero-order valence-electron chi connectivity index (χ0n) is 8.38. The number of guanidine groups is 1. The van der Waals surface area contributed by atoms with E-state index < -0.39 is 17.8 Å². The van der Waals surface area contributed by atoms with Gasteiger partial charge in [-0.25, -0.2) is 4.79 Å². The molecule has 0 saturated carbocycles. The van der Waals surface area contributed by atoms with E-state index in [1.165, 1.54) is 12.1 Å². The summed E-state index contributed by atoms with van der Waals surface area (Å²) < 4.78 is 0. The van der Waals surface area contributed by atoms with Gasteiger partial charge >= 0.3 is 5.97 Å². The van der Waals surface area contributed by atoms with Gasteiger partial charge in [-0.3, -0.25) is 4.79 Å². The van der Waals surface area contributed by atoms with Gasteiger partial charge < -0.3 is 16.6 Å². The number of carboxylic acids is 1. The quantitative estimate of drug-likeness (QED) is 0.548. The number of hydrogen-bond donors (Lipinski definition) is 3. The lowest BCUT2D eigenvalue weighted by molar-refractivity contribution is 0.0697. The molecular formula is C9H9Cl2N3O3. The Kier molecular flexibility index (Phi) is 5.43. The second kappa shape index (κ2) is 6.07. The average molecular weight is 278 g/mol. The summed E-state index contributed by atoms with van der Waals surface area (Å²) >= 11 is 5.62. The van der Waals surface area contributed by atoms with Crippen LogP contribution in [-0.2, 0) is 0 Å². The average Bonchev–Trinajstić information content (AvgIpc) is 2.16. The molecule has 0 heterocycles. The minimum absolute atomic E-state index is 0. The van der Waals surface area contributed by atoms with Gasteiger partial charge in [0.1, 0.15) is 0 Å². The fourth-order valence-electron chi connectivity index (χ4n) is 1.00. The summed E-state index contributed by atoms with van der Waals surface area (Å²) in [6.45, 7) is 0. The molecule has 6 nitrogen and oxygen atoms in total. The van der Waals surface area contributed by atoms with Crippen LogP contribution >= 0.6 is 24.0 Å². The summed E-state index contributed by atoms with van der Waals surface area (Å²) in [7, 11) is 0. The Hall–Kier alpha value is -1.79. The van der Waals surface area contributed by atoms with Crippen LogP contribution < -0.4 is 11.5 Å². The molecule has 1 amide bonds. The Morgan fingerprint density at radius 2 is 1.88 bits per heavy atom. The second-order valence-electron chi connectivity index (χ2n) is 2.84. The normalized spacial score (nSPS) is 9.00. The summed E-state index contributed by atoms with van der Waals surface area (Å²) in [5, 5.41) is 8.81. The third kappa shape index (κ3) is 3.93. The van der Waals surface area contributed by atoms with Crippen molar-refractivity contribution in [3.63, 3.8) is 0 Å². The number of nitrogens with two attached hydrogens (primary N) is 2. The van der Waals surface area contributed by atoms with E-state index in [-0.39, 0.29) is 28.6 Å². The molecule has 5 N–H and O–H groups in total. The van der Waals surface area contributed by atoms with E-state index >= 15 is 0 Å². The number of carbonyl (C=O) groups excluding carboxylic acids is 1. The summed E-state index contributed by atoms with van der Waals surface area (Å²) in [6.07, 6.45) is 0. The highest BCUT2D eigenvalue weighted by Gasteiger charge is 2.12.